The third-order valence-electron chi connectivity index (χ3n) is 1.71. The summed E-state index contributed by atoms with van der Waals surface area (Å²) in [6.45, 7) is -0.297. The van der Waals surface area contributed by atoms with Gasteiger partial charge in [0.15, 0.2) is 0 Å². The zero-order valence-corrected chi connectivity index (χ0v) is 9.25. The Balaban J connectivity index is 2.65. The molecule has 1 aromatic rings. The molecule has 0 fully saturated rings. The van der Waals surface area contributed by atoms with Crippen molar-refractivity contribution in [3.8, 4) is 0 Å². The molecule has 0 saturated heterocycles. The van der Waals surface area contributed by atoms with Gasteiger partial charge in [-0.1, -0.05) is 29.3 Å². The number of rotatable bonds is 2. The molecular weight excluding hydrogens is 266 g/mol. The Hall–Kier alpha value is -0.940. The Bertz CT molecular complexity index is 406. The summed E-state index contributed by atoms with van der Waals surface area (Å²) < 4.78 is 35.6. The van der Waals surface area contributed by atoms with Crippen LogP contribution in [0.5, 0.6) is 0 Å². The van der Waals surface area contributed by atoms with Gasteiger partial charge >= 0.3 is 12.1 Å². The summed E-state index contributed by atoms with van der Waals surface area (Å²) >= 11 is 11.3. The third-order valence-corrected chi connectivity index (χ3v) is 2.30. The molecule has 1 N–H and O–H groups in total. The Morgan fingerprint density at radius 3 is 2.44 bits per heavy atom. The maximum atomic E-state index is 11.9. The van der Waals surface area contributed by atoms with Crippen molar-refractivity contribution >= 4 is 29.1 Å². The normalized spacial score (nSPS) is 11.3. The van der Waals surface area contributed by atoms with E-state index in [9.17, 15) is 18.0 Å². The van der Waals surface area contributed by atoms with Gasteiger partial charge in [-0.25, -0.2) is 0 Å². The molecule has 0 aliphatic rings. The van der Waals surface area contributed by atoms with Crippen molar-refractivity contribution in [1.29, 1.82) is 0 Å². The van der Waals surface area contributed by atoms with E-state index >= 15 is 0 Å². The van der Waals surface area contributed by atoms with Crippen LogP contribution in [0.15, 0.2) is 18.2 Å². The fourth-order valence-electron chi connectivity index (χ4n) is 0.941. The van der Waals surface area contributed by atoms with Crippen LogP contribution in [0.3, 0.4) is 0 Å². The number of carbonyl (C=O) groups excluding carboxylic acids is 1. The molecule has 7 heteroatoms. The lowest BCUT2D eigenvalue weighted by Crippen LogP contribution is -2.36. The van der Waals surface area contributed by atoms with E-state index in [1.807, 2.05) is 0 Å². The number of hydrogen-bond donors (Lipinski definition) is 1. The molecule has 0 saturated carbocycles. The van der Waals surface area contributed by atoms with E-state index in [1.54, 1.807) is 5.32 Å². The van der Waals surface area contributed by atoms with E-state index in [1.165, 1.54) is 18.2 Å². The first kappa shape index (κ1) is 13.1. The molecule has 0 atom stereocenters. The summed E-state index contributed by atoms with van der Waals surface area (Å²) in [6, 6.07) is 4.31. The first-order chi connectivity index (χ1) is 7.30. The van der Waals surface area contributed by atoms with Gasteiger partial charge in [0.2, 0.25) is 0 Å². The summed E-state index contributed by atoms with van der Waals surface area (Å²) in [5.41, 5.74) is 0.365. The quantitative estimate of drug-likeness (QED) is 0.880. The van der Waals surface area contributed by atoms with Gasteiger partial charge in [-0.3, -0.25) is 4.79 Å². The number of halogens is 5. The van der Waals surface area contributed by atoms with E-state index in [0.717, 1.165) is 0 Å². The number of benzene rings is 1. The standard InChI is InChI=1S/C9H6Cl2F3NO/c10-6-2-1-5(7(11)3-6)4-15-8(16)9(12,13)14/h1-3H,4H2,(H,15,16). The molecule has 2 nitrogen and oxygen atoms in total. The van der Waals surface area contributed by atoms with Gasteiger partial charge in [0.25, 0.3) is 0 Å². The predicted octanol–water partition coefficient (Wildman–Crippen LogP) is 3.17. The van der Waals surface area contributed by atoms with Crippen LogP contribution in [0.4, 0.5) is 13.2 Å². The Morgan fingerprint density at radius 1 is 1.31 bits per heavy atom. The highest BCUT2D eigenvalue weighted by atomic mass is 35.5. The van der Waals surface area contributed by atoms with Gasteiger partial charge < -0.3 is 5.32 Å². The van der Waals surface area contributed by atoms with Crippen molar-refractivity contribution in [2.45, 2.75) is 12.7 Å². The zero-order chi connectivity index (χ0) is 12.3. The number of nitrogens with one attached hydrogen (secondary N) is 1. The summed E-state index contributed by atoms with van der Waals surface area (Å²) in [6.07, 6.45) is -4.89. The smallest absolute Gasteiger partial charge is 0.344 e. The summed E-state index contributed by atoms with van der Waals surface area (Å²) in [5, 5.41) is 2.28. The molecule has 88 valence electrons. The lowest BCUT2D eigenvalue weighted by Gasteiger charge is -2.09. The van der Waals surface area contributed by atoms with Crippen LogP contribution in [0.25, 0.3) is 0 Å². The number of alkyl halides is 3. The van der Waals surface area contributed by atoms with Gasteiger partial charge in [-0.05, 0) is 17.7 Å². The molecule has 0 aromatic heterocycles. The van der Waals surface area contributed by atoms with E-state index < -0.39 is 12.1 Å². The number of amides is 1. The minimum atomic E-state index is -4.89. The van der Waals surface area contributed by atoms with Crippen LogP contribution in [0, 0.1) is 0 Å². The second-order valence-electron chi connectivity index (χ2n) is 2.92. The van der Waals surface area contributed by atoms with Crippen LogP contribution in [-0.2, 0) is 11.3 Å². The van der Waals surface area contributed by atoms with Gasteiger partial charge in [0, 0.05) is 16.6 Å². The summed E-state index contributed by atoms with van der Waals surface area (Å²) in [5.74, 6) is -2.00. The minimum absolute atomic E-state index is 0.204. The van der Waals surface area contributed by atoms with E-state index in [2.05, 4.69) is 0 Å². The van der Waals surface area contributed by atoms with Crippen molar-refractivity contribution in [2.24, 2.45) is 0 Å². The average molecular weight is 272 g/mol. The van der Waals surface area contributed by atoms with Crippen LogP contribution in [0.2, 0.25) is 10.0 Å². The molecule has 0 aliphatic carbocycles. The Morgan fingerprint density at radius 2 is 1.94 bits per heavy atom. The molecule has 16 heavy (non-hydrogen) atoms. The fourth-order valence-corrected chi connectivity index (χ4v) is 1.42. The fraction of sp³-hybridized carbons (Fsp3) is 0.222. The number of carbonyl (C=O) groups is 1. The van der Waals surface area contributed by atoms with Crippen LogP contribution in [-0.4, -0.2) is 12.1 Å². The van der Waals surface area contributed by atoms with Crippen molar-refractivity contribution in [3.05, 3.63) is 33.8 Å². The minimum Gasteiger partial charge on any atom is -0.344 e. The van der Waals surface area contributed by atoms with Crippen molar-refractivity contribution in [2.75, 3.05) is 0 Å². The van der Waals surface area contributed by atoms with Gasteiger partial charge in [0.05, 0.1) is 0 Å². The molecule has 0 bridgehead atoms. The molecule has 0 heterocycles. The number of hydrogen-bond acceptors (Lipinski definition) is 1. The first-order valence-electron chi connectivity index (χ1n) is 4.09. The van der Waals surface area contributed by atoms with Crippen molar-refractivity contribution in [3.63, 3.8) is 0 Å². The molecular formula is C9H6Cl2F3NO. The Labute approximate surface area is 99.3 Å². The van der Waals surface area contributed by atoms with Crippen molar-refractivity contribution < 1.29 is 18.0 Å². The second-order valence-corrected chi connectivity index (χ2v) is 3.76. The zero-order valence-electron chi connectivity index (χ0n) is 7.74. The molecule has 0 unspecified atom stereocenters. The van der Waals surface area contributed by atoms with E-state index in [0.29, 0.717) is 10.6 Å². The summed E-state index contributed by atoms with van der Waals surface area (Å²) in [4.78, 5) is 10.5. The molecule has 0 radical (unpaired) electrons. The Kier molecular flexibility index (Phi) is 4.04. The maximum Gasteiger partial charge on any atom is 0.471 e. The molecule has 1 aromatic carbocycles. The lowest BCUT2D eigenvalue weighted by molar-refractivity contribution is -0.173. The van der Waals surface area contributed by atoms with E-state index in [4.69, 9.17) is 23.2 Å². The van der Waals surface area contributed by atoms with Crippen LogP contribution >= 0.6 is 23.2 Å². The van der Waals surface area contributed by atoms with Gasteiger partial charge in [0.1, 0.15) is 0 Å². The van der Waals surface area contributed by atoms with Crippen molar-refractivity contribution in [1.82, 2.24) is 5.32 Å². The highest BCUT2D eigenvalue weighted by molar-refractivity contribution is 6.35. The topological polar surface area (TPSA) is 29.1 Å². The molecule has 0 spiro atoms. The van der Waals surface area contributed by atoms with Crippen LogP contribution < -0.4 is 5.32 Å². The van der Waals surface area contributed by atoms with Gasteiger partial charge in [-0.2, -0.15) is 13.2 Å². The SMILES string of the molecule is O=C(NCc1ccc(Cl)cc1Cl)C(F)(F)F. The molecule has 1 amide bonds. The monoisotopic (exact) mass is 271 g/mol. The highest BCUT2D eigenvalue weighted by Crippen LogP contribution is 2.21. The maximum absolute atomic E-state index is 11.9. The first-order valence-corrected chi connectivity index (χ1v) is 4.85. The van der Waals surface area contributed by atoms with E-state index in [-0.39, 0.29) is 11.6 Å². The lowest BCUT2D eigenvalue weighted by atomic mass is 10.2. The third kappa shape index (κ3) is 3.57. The van der Waals surface area contributed by atoms with Crippen LogP contribution in [0.1, 0.15) is 5.56 Å². The largest absolute Gasteiger partial charge is 0.471 e. The molecule has 1 rings (SSSR count). The highest BCUT2D eigenvalue weighted by Gasteiger charge is 2.38. The van der Waals surface area contributed by atoms with Gasteiger partial charge in [-0.15, -0.1) is 0 Å². The predicted molar refractivity (Wildman–Crippen MR) is 54.4 cm³/mol. The average Bonchev–Trinajstić information content (AvgIpc) is 2.14. The molecule has 0 aliphatic heterocycles. The second kappa shape index (κ2) is 4.93. The summed E-state index contributed by atoms with van der Waals surface area (Å²) in [7, 11) is 0.